The molecule has 0 saturated carbocycles. The minimum absolute atomic E-state index is 0.107. The van der Waals surface area contributed by atoms with Crippen molar-refractivity contribution in [1.29, 1.82) is 0 Å². The molecule has 12 nitrogen and oxygen atoms in total. The lowest BCUT2D eigenvalue weighted by atomic mass is 9.99. The van der Waals surface area contributed by atoms with Crippen LogP contribution >= 0.6 is 11.8 Å². The molecule has 5 atom stereocenters. The molecular weight excluding hydrogens is 464 g/mol. The Morgan fingerprint density at radius 1 is 0.912 bits per heavy atom. The molecule has 0 bridgehead atoms. The molecule has 34 heavy (non-hydrogen) atoms. The van der Waals surface area contributed by atoms with Crippen molar-refractivity contribution < 1.29 is 29.1 Å². The van der Waals surface area contributed by atoms with Crippen LogP contribution in [0.25, 0.3) is 0 Å². The highest BCUT2D eigenvalue weighted by Gasteiger charge is 2.31. The van der Waals surface area contributed by atoms with Gasteiger partial charge < -0.3 is 38.3 Å². The van der Waals surface area contributed by atoms with Crippen molar-refractivity contribution in [3.8, 4) is 0 Å². The first-order valence-corrected chi connectivity index (χ1v) is 12.7. The quantitative estimate of drug-likeness (QED) is 0.110. The number of carboxylic acids is 1. The maximum atomic E-state index is 12.9. The predicted octanol–water partition coefficient (Wildman–Crippen LogP) is -1.34. The number of carbonyl (C=O) groups excluding carboxylic acids is 4. The van der Waals surface area contributed by atoms with E-state index in [1.165, 1.54) is 11.8 Å². The minimum atomic E-state index is -1.40. The first-order valence-electron chi connectivity index (χ1n) is 11.3. The SMILES string of the molecule is CCC(C)C(N)C(=O)NC(CCSC)C(=O)NC(CC(N)=O)C(=O)NC(CCCCN)C(=O)O. The lowest BCUT2D eigenvalue weighted by molar-refractivity contribution is -0.142. The second-order valence-corrected chi connectivity index (χ2v) is 9.16. The first kappa shape index (κ1) is 31.6. The number of hydrogen-bond donors (Lipinski definition) is 7. The summed E-state index contributed by atoms with van der Waals surface area (Å²) in [6, 6.07) is -4.44. The van der Waals surface area contributed by atoms with E-state index in [4.69, 9.17) is 17.2 Å². The van der Waals surface area contributed by atoms with Gasteiger partial charge in [0.1, 0.15) is 18.1 Å². The van der Waals surface area contributed by atoms with Crippen LogP contribution in [0.2, 0.25) is 0 Å². The van der Waals surface area contributed by atoms with Gasteiger partial charge in [0.25, 0.3) is 0 Å². The normalized spacial score (nSPS) is 15.3. The lowest BCUT2D eigenvalue weighted by Crippen LogP contribution is -2.58. The van der Waals surface area contributed by atoms with Gasteiger partial charge in [-0.3, -0.25) is 19.2 Å². The number of nitrogens with one attached hydrogen (secondary N) is 3. The summed E-state index contributed by atoms with van der Waals surface area (Å²) in [5.41, 5.74) is 16.6. The molecule has 0 aliphatic heterocycles. The van der Waals surface area contributed by atoms with Gasteiger partial charge in [-0.05, 0) is 50.2 Å². The van der Waals surface area contributed by atoms with E-state index in [0.717, 1.165) is 0 Å². The highest BCUT2D eigenvalue weighted by Crippen LogP contribution is 2.08. The molecule has 0 aliphatic carbocycles. The number of primary amides is 1. The minimum Gasteiger partial charge on any atom is -0.480 e. The van der Waals surface area contributed by atoms with Crippen molar-refractivity contribution in [2.45, 2.75) is 76.5 Å². The van der Waals surface area contributed by atoms with Crippen LogP contribution in [-0.2, 0) is 24.0 Å². The van der Waals surface area contributed by atoms with Crippen LogP contribution in [0.1, 0.15) is 52.4 Å². The molecule has 13 heteroatoms. The molecular formula is C21H40N6O6S. The van der Waals surface area contributed by atoms with Crippen LogP contribution in [0.5, 0.6) is 0 Å². The Morgan fingerprint density at radius 2 is 1.47 bits per heavy atom. The summed E-state index contributed by atoms with van der Waals surface area (Å²) in [6.07, 6.45) is 3.41. The van der Waals surface area contributed by atoms with Crippen molar-refractivity contribution in [2.75, 3.05) is 18.6 Å². The molecule has 0 radical (unpaired) electrons. The molecule has 0 fully saturated rings. The highest BCUT2D eigenvalue weighted by molar-refractivity contribution is 7.98. The molecule has 0 aromatic carbocycles. The van der Waals surface area contributed by atoms with E-state index in [1.54, 1.807) is 0 Å². The van der Waals surface area contributed by atoms with E-state index in [-0.39, 0.29) is 18.8 Å². The summed E-state index contributed by atoms with van der Waals surface area (Å²) in [4.78, 5) is 61.2. The zero-order chi connectivity index (χ0) is 26.3. The van der Waals surface area contributed by atoms with Crippen LogP contribution in [0, 0.1) is 5.92 Å². The molecule has 0 aromatic rings. The Kier molecular flexibility index (Phi) is 15.9. The average Bonchev–Trinajstić information content (AvgIpc) is 2.78. The van der Waals surface area contributed by atoms with Gasteiger partial charge in [0, 0.05) is 0 Å². The van der Waals surface area contributed by atoms with E-state index in [2.05, 4.69) is 16.0 Å². The Bertz CT molecular complexity index is 695. The fourth-order valence-electron chi connectivity index (χ4n) is 2.99. The molecule has 0 aliphatic rings. The Labute approximate surface area is 204 Å². The summed E-state index contributed by atoms with van der Waals surface area (Å²) in [5.74, 6) is -3.75. The molecule has 5 unspecified atom stereocenters. The van der Waals surface area contributed by atoms with Crippen molar-refractivity contribution in [2.24, 2.45) is 23.1 Å². The zero-order valence-corrected chi connectivity index (χ0v) is 21.0. The molecule has 0 spiro atoms. The van der Waals surface area contributed by atoms with E-state index in [0.29, 0.717) is 31.6 Å². The monoisotopic (exact) mass is 504 g/mol. The molecule has 10 N–H and O–H groups in total. The summed E-state index contributed by atoms with van der Waals surface area (Å²) >= 11 is 1.46. The van der Waals surface area contributed by atoms with E-state index in [1.807, 2.05) is 20.1 Å². The van der Waals surface area contributed by atoms with Gasteiger partial charge in [-0.2, -0.15) is 11.8 Å². The second-order valence-electron chi connectivity index (χ2n) is 8.17. The third-order valence-electron chi connectivity index (χ3n) is 5.40. The van der Waals surface area contributed by atoms with Crippen LogP contribution < -0.4 is 33.2 Å². The Balaban J connectivity index is 5.46. The topological polar surface area (TPSA) is 220 Å². The average molecular weight is 505 g/mol. The summed E-state index contributed by atoms with van der Waals surface area (Å²) in [6.45, 7) is 4.09. The van der Waals surface area contributed by atoms with Crippen molar-refractivity contribution >= 4 is 41.4 Å². The Morgan fingerprint density at radius 3 is 1.97 bits per heavy atom. The fourth-order valence-corrected chi connectivity index (χ4v) is 3.46. The van der Waals surface area contributed by atoms with Crippen LogP contribution in [0.4, 0.5) is 0 Å². The summed E-state index contributed by atoms with van der Waals surface area (Å²) < 4.78 is 0. The number of thioether (sulfide) groups is 1. The fraction of sp³-hybridized carbons (Fsp3) is 0.762. The van der Waals surface area contributed by atoms with Gasteiger partial charge in [0.15, 0.2) is 0 Å². The Hall–Kier alpha value is -2.38. The highest BCUT2D eigenvalue weighted by atomic mass is 32.2. The van der Waals surface area contributed by atoms with Gasteiger partial charge in [-0.1, -0.05) is 20.3 Å². The lowest BCUT2D eigenvalue weighted by Gasteiger charge is -2.25. The number of carbonyl (C=O) groups is 5. The number of rotatable bonds is 18. The molecule has 4 amide bonds. The third-order valence-corrected chi connectivity index (χ3v) is 6.05. The van der Waals surface area contributed by atoms with Crippen molar-refractivity contribution in [3.05, 3.63) is 0 Å². The van der Waals surface area contributed by atoms with E-state index >= 15 is 0 Å². The number of carboxylic acid groups (broad SMARTS) is 1. The largest absolute Gasteiger partial charge is 0.480 e. The van der Waals surface area contributed by atoms with Crippen molar-refractivity contribution in [3.63, 3.8) is 0 Å². The molecule has 0 heterocycles. The van der Waals surface area contributed by atoms with Gasteiger partial charge in [0.2, 0.25) is 23.6 Å². The first-order chi connectivity index (χ1) is 16.0. The van der Waals surface area contributed by atoms with Crippen LogP contribution in [-0.4, -0.2) is 77.4 Å². The summed E-state index contributed by atoms with van der Waals surface area (Å²) in [7, 11) is 0. The van der Waals surface area contributed by atoms with Gasteiger partial charge >= 0.3 is 5.97 Å². The van der Waals surface area contributed by atoms with Crippen molar-refractivity contribution in [1.82, 2.24) is 16.0 Å². The molecule has 196 valence electrons. The van der Waals surface area contributed by atoms with E-state index < -0.39 is 60.2 Å². The van der Waals surface area contributed by atoms with Crippen LogP contribution in [0.3, 0.4) is 0 Å². The second kappa shape index (κ2) is 17.1. The number of amides is 4. The summed E-state index contributed by atoms with van der Waals surface area (Å²) in [5, 5.41) is 16.8. The zero-order valence-electron chi connectivity index (χ0n) is 20.2. The third kappa shape index (κ3) is 12.2. The van der Waals surface area contributed by atoms with Gasteiger partial charge in [-0.25, -0.2) is 4.79 Å². The number of aliphatic carboxylic acids is 1. The molecule has 0 saturated heterocycles. The number of unbranched alkanes of at least 4 members (excludes halogenated alkanes) is 1. The van der Waals surface area contributed by atoms with Gasteiger partial charge in [-0.15, -0.1) is 0 Å². The molecule has 0 rings (SSSR count). The smallest absolute Gasteiger partial charge is 0.326 e. The standard InChI is InChI=1S/C21H40N6O6S/c1-4-12(2)17(24)20(31)25-13(8-10-34-3)18(29)27-15(11-16(23)28)19(30)26-14(21(32)33)7-5-6-9-22/h12-15,17H,4-11,22,24H2,1-3H3,(H2,23,28)(H,25,31)(H,26,30)(H,27,29)(H,32,33). The van der Waals surface area contributed by atoms with Gasteiger partial charge in [0.05, 0.1) is 12.5 Å². The molecule has 0 aromatic heterocycles. The maximum absolute atomic E-state index is 12.9. The number of hydrogen-bond acceptors (Lipinski definition) is 8. The predicted molar refractivity (Wildman–Crippen MR) is 131 cm³/mol. The van der Waals surface area contributed by atoms with Crippen LogP contribution in [0.15, 0.2) is 0 Å². The van der Waals surface area contributed by atoms with E-state index in [9.17, 15) is 29.1 Å². The maximum Gasteiger partial charge on any atom is 0.326 e. The number of nitrogens with two attached hydrogens (primary N) is 3.